The smallest absolute Gasteiger partial charge is 0.282 e. The highest BCUT2D eigenvalue weighted by Crippen LogP contribution is 2.24. The number of hydrogen-bond acceptors (Lipinski definition) is 3. The second-order valence-electron chi connectivity index (χ2n) is 4.86. The molecule has 0 aromatic carbocycles. The zero-order chi connectivity index (χ0) is 11.8. The third-order valence-corrected chi connectivity index (χ3v) is 5.70. The van der Waals surface area contributed by atoms with Crippen molar-refractivity contribution >= 4 is 10.2 Å². The molecule has 0 aromatic rings. The standard InChI is InChI=1S/C10H21N3O2S/c1-9-8-10(11)4-7-13(9)16(14,15)12-5-2-3-6-12/h9-10H,2-8,11H2,1H3. The van der Waals surface area contributed by atoms with Crippen molar-refractivity contribution in [2.24, 2.45) is 5.73 Å². The summed E-state index contributed by atoms with van der Waals surface area (Å²) in [6.45, 7) is 3.88. The fourth-order valence-electron chi connectivity index (χ4n) is 2.60. The Morgan fingerprint density at radius 2 is 1.81 bits per heavy atom. The largest absolute Gasteiger partial charge is 0.328 e. The summed E-state index contributed by atoms with van der Waals surface area (Å²) < 4.78 is 27.9. The summed E-state index contributed by atoms with van der Waals surface area (Å²) in [5, 5.41) is 0. The number of piperidine rings is 1. The van der Waals surface area contributed by atoms with Crippen LogP contribution in [0.15, 0.2) is 0 Å². The molecular formula is C10H21N3O2S. The third-order valence-electron chi connectivity index (χ3n) is 3.54. The Kier molecular flexibility index (Phi) is 3.53. The van der Waals surface area contributed by atoms with Crippen molar-refractivity contribution < 1.29 is 8.42 Å². The first kappa shape index (κ1) is 12.3. The molecule has 2 fully saturated rings. The molecule has 2 heterocycles. The van der Waals surface area contributed by atoms with E-state index in [4.69, 9.17) is 5.73 Å². The van der Waals surface area contributed by atoms with E-state index in [-0.39, 0.29) is 12.1 Å². The molecule has 2 rings (SSSR count). The molecule has 0 aliphatic carbocycles. The van der Waals surface area contributed by atoms with Crippen LogP contribution >= 0.6 is 0 Å². The monoisotopic (exact) mass is 247 g/mol. The molecule has 94 valence electrons. The second-order valence-corrected chi connectivity index (χ2v) is 6.74. The van der Waals surface area contributed by atoms with Gasteiger partial charge in [-0.15, -0.1) is 0 Å². The van der Waals surface area contributed by atoms with E-state index in [1.807, 2.05) is 6.92 Å². The maximum absolute atomic E-state index is 12.3. The van der Waals surface area contributed by atoms with E-state index >= 15 is 0 Å². The molecule has 0 amide bonds. The summed E-state index contributed by atoms with van der Waals surface area (Å²) in [4.78, 5) is 0. The van der Waals surface area contributed by atoms with Crippen LogP contribution < -0.4 is 5.73 Å². The van der Waals surface area contributed by atoms with Gasteiger partial charge in [-0.25, -0.2) is 0 Å². The second kappa shape index (κ2) is 4.60. The maximum Gasteiger partial charge on any atom is 0.282 e. The van der Waals surface area contributed by atoms with Gasteiger partial charge in [-0.3, -0.25) is 0 Å². The zero-order valence-corrected chi connectivity index (χ0v) is 10.6. The van der Waals surface area contributed by atoms with Gasteiger partial charge in [0.05, 0.1) is 0 Å². The van der Waals surface area contributed by atoms with Gasteiger partial charge in [0.15, 0.2) is 0 Å². The molecule has 0 spiro atoms. The molecule has 0 radical (unpaired) electrons. The van der Waals surface area contributed by atoms with Crippen molar-refractivity contribution in [3.63, 3.8) is 0 Å². The molecule has 6 heteroatoms. The Hall–Kier alpha value is -0.170. The summed E-state index contributed by atoms with van der Waals surface area (Å²) in [5.41, 5.74) is 5.85. The molecule has 2 atom stereocenters. The lowest BCUT2D eigenvalue weighted by Gasteiger charge is -2.37. The molecule has 2 N–H and O–H groups in total. The minimum Gasteiger partial charge on any atom is -0.328 e. The summed E-state index contributed by atoms with van der Waals surface area (Å²) >= 11 is 0. The van der Waals surface area contributed by atoms with Gasteiger partial charge in [-0.2, -0.15) is 17.0 Å². The highest BCUT2D eigenvalue weighted by molar-refractivity contribution is 7.86. The fraction of sp³-hybridized carbons (Fsp3) is 1.00. The van der Waals surface area contributed by atoms with E-state index in [0.29, 0.717) is 19.6 Å². The summed E-state index contributed by atoms with van der Waals surface area (Å²) in [7, 11) is -3.22. The highest BCUT2D eigenvalue weighted by atomic mass is 32.2. The minimum atomic E-state index is -3.22. The van der Waals surface area contributed by atoms with Crippen LogP contribution in [0.25, 0.3) is 0 Å². The van der Waals surface area contributed by atoms with Gasteiger partial charge in [0.25, 0.3) is 10.2 Å². The normalized spacial score (nSPS) is 34.4. The van der Waals surface area contributed by atoms with Gasteiger partial charge in [0, 0.05) is 31.7 Å². The molecule has 2 saturated heterocycles. The highest BCUT2D eigenvalue weighted by Gasteiger charge is 2.37. The lowest BCUT2D eigenvalue weighted by atomic mass is 10.0. The van der Waals surface area contributed by atoms with E-state index in [2.05, 4.69) is 0 Å². The van der Waals surface area contributed by atoms with E-state index in [1.54, 1.807) is 8.61 Å². The molecule has 0 saturated carbocycles. The average Bonchev–Trinajstić information content (AvgIpc) is 2.69. The van der Waals surface area contributed by atoms with Crippen molar-refractivity contribution in [3.8, 4) is 0 Å². The van der Waals surface area contributed by atoms with Crippen LogP contribution in [-0.4, -0.2) is 48.7 Å². The Balaban J connectivity index is 2.10. The van der Waals surface area contributed by atoms with Crippen molar-refractivity contribution in [1.82, 2.24) is 8.61 Å². The molecule has 5 nitrogen and oxygen atoms in total. The van der Waals surface area contributed by atoms with Gasteiger partial charge >= 0.3 is 0 Å². The molecule has 16 heavy (non-hydrogen) atoms. The van der Waals surface area contributed by atoms with Gasteiger partial charge < -0.3 is 5.73 Å². The summed E-state index contributed by atoms with van der Waals surface area (Å²) in [5.74, 6) is 0. The zero-order valence-electron chi connectivity index (χ0n) is 9.80. The topological polar surface area (TPSA) is 66.6 Å². The summed E-state index contributed by atoms with van der Waals surface area (Å²) in [6.07, 6.45) is 3.52. The molecular weight excluding hydrogens is 226 g/mol. The maximum atomic E-state index is 12.3. The molecule has 0 aromatic heterocycles. The van der Waals surface area contributed by atoms with Crippen molar-refractivity contribution in [2.45, 2.75) is 44.7 Å². The van der Waals surface area contributed by atoms with Gasteiger partial charge in [0.1, 0.15) is 0 Å². The quantitative estimate of drug-likeness (QED) is 0.754. The Bertz CT molecular complexity index is 338. The number of hydrogen-bond donors (Lipinski definition) is 1. The van der Waals surface area contributed by atoms with E-state index in [9.17, 15) is 8.42 Å². The molecule has 0 bridgehead atoms. The van der Waals surface area contributed by atoms with Crippen LogP contribution in [0.1, 0.15) is 32.6 Å². The van der Waals surface area contributed by atoms with E-state index in [0.717, 1.165) is 25.7 Å². The lowest BCUT2D eigenvalue weighted by molar-refractivity contribution is 0.232. The Morgan fingerprint density at radius 1 is 1.19 bits per heavy atom. The number of nitrogens with two attached hydrogens (primary N) is 1. The van der Waals surface area contributed by atoms with Crippen molar-refractivity contribution in [2.75, 3.05) is 19.6 Å². The average molecular weight is 247 g/mol. The van der Waals surface area contributed by atoms with Crippen LogP contribution in [-0.2, 0) is 10.2 Å². The third kappa shape index (κ3) is 2.25. The molecule has 2 unspecified atom stereocenters. The van der Waals surface area contributed by atoms with Crippen LogP contribution in [0.4, 0.5) is 0 Å². The first-order chi connectivity index (χ1) is 7.51. The molecule has 2 aliphatic heterocycles. The molecule has 2 aliphatic rings. The van der Waals surface area contributed by atoms with Crippen molar-refractivity contribution in [3.05, 3.63) is 0 Å². The fourth-order valence-corrected chi connectivity index (χ4v) is 4.49. The number of nitrogens with zero attached hydrogens (tertiary/aromatic N) is 2. The SMILES string of the molecule is CC1CC(N)CCN1S(=O)(=O)N1CCCC1. The first-order valence-electron chi connectivity index (χ1n) is 6.04. The number of rotatable bonds is 2. The van der Waals surface area contributed by atoms with E-state index in [1.165, 1.54) is 0 Å². The van der Waals surface area contributed by atoms with Gasteiger partial charge in [0.2, 0.25) is 0 Å². The van der Waals surface area contributed by atoms with Crippen LogP contribution in [0.3, 0.4) is 0 Å². The minimum absolute atomic E-state index is 0.0364. The van der Waals surface area contributed by atoms with E-state index < -0.39 is 10.2 Å². The predicted octanol–water partition coefficient (Wildman–Crippen LogP) is 0.139. The van der Waals surface area contributed by atoms with Gasteiger partial charge in [-0.05, 0) is 32.6 Å². The lowest BCUT2D eigenvalue weighted by Crippen LogP contribution is -2.52. The van der Waals surface area contributed by atoms with Gasteiger partial charge in [-0.1, -0.05) is 0 Å². The van der Waals surface area contributed by atoms with Crippen LogP contribution in [0.5, 0.6) is 0 Å². The summed E-state index contributed by atoms with van der Waals surface area (Å²) in [6, 6.07) is 0.189. The Morgan fingerprint density at radius 3 is 2.38 bits per heavy atom. The van der Waals surface area contributed by atoms with Crippen LogP contribution in [0, 0.1) is 0 Å². The first-order valence-corrected chi connectivity index (χ1v) is 7.44. The predicted molar refractivity (Wildman–Crippen MR) is 63.1 cm³/mol. The Labute approximate surface area is 97.8 Å². The van der Waals surface area contributed by atoms with Crippen LogP contribution in [0.2, 0.25) is 0 Å². The van der Waals surface area contributed by atoms with Crippen molar-refractivity contribution in [1.29, 1.82) is 0 Å².